The van der Waals surface area contributed by atoms with E-state index in [9.17, 15) is 9.18 Å². The van der Waals surface area contributed by atoms with Gasteiger partial charge in [-0.25, -0.2) is 9.18 Å². The van der Waals surface area contributed by atoms with Gasteiger partial charge in [0, 0.05) is 16.2 Å². The van der Waals surface area contributed by atoms with Crippen LogP contribution in [0.4, 0.5) is 9.18 Å². The van der Waals surface area contributed by atoms with E-state index in [1.54, 1.807) is 20.8 Å². The standard InChI is InChI=1S/C11H21FN2O2/c1-10(2,3)16-9(15)14-6-8(12)5-11(4,13)7-14/h8H,5-7,13H2,1-4H3/i4D3. The van der Waals surface area contributed by atoms with Gasteiger partial charge in [0.2, 0.25) is 0 Å². The SMILES string of the molecule is [2H]C([2H])([2H])C1(N)CC(F)CN(C(=O)OC(C)(C)C)C1. The molecule has 0 saturated carbocycles. The normalized spacial score (nSPS) is 34.9. The van der Waals surface area contributed by atoms with Crippen molar-refractivity contribution in [3.05, 3.63) is 0 Å². The van der Waals surface area contributed by atoms with E-state index in [4.69, 9.17) is 14.6 Å². The summed E-state index contributed by atoms with van der Waals surface area (Å²) in [6.07, 6.45) is -2.50. The molecule has 1 aliphatic rings. The largest absolute Gasteiger partial charge is 0.444 e. The fraction of sp³-hybridized carbons (Fsp3) is 0.909. The molecule has 4 nitrogen and oxygen atoms in total. The Morgan fingerprint density at radius 3 is 2.81 bits per heavy atom. The number of ether oxygens (including phenoxy) is 1. The molecule has 0 aromatic rings. The van der Waals surface area contributed by atoms with E-state index in [0.717, 1.165) is 4.90 Å². The maximum atomic E-state index is 13.7. The van der Waals surface area contributed by atoms with E-state index in [1.807, 2.05) is 0 Å². The lowest BCUT2D eigenvalue weighted by molar-refractivity contribution is 0.00382. The second kappa shape index (κ2) is 4.20. The number of likely N-dealkylation sites (tertiary alicyclic amines) is 1. The minimum atomic E-state index is -2.53. The van der Waals surface area contributed by atoms with E-state index in [1.165, 1.54) is 0 Å². The van der Waals surface area contributed by atoms with Crippen molar-refractivity contribution in [2.45, 2.75) is 51.4 Å². The monoisotopic (exact) mass is 235 g/mol. The zero-order valence-corrected chi connectivity index (χ0v) is 9.92. The van der Waals surface area contributed by atoms with Crippen LogP contribution in [0.5, 0.6) is 0 Å². The molecule has 1 fully saturated rings. The van der Waals surface area contributed by atoms with E-state index in [0.29, 0.717) is 0 Å². The summed E-state index contributed by atoms with van der Waals surface area (Å²) in [5.41, 5.74) is 3.31. The molecule has 1 saturated heterocycles. The number of alkyl halides is 1. The fourth-order valence-corrected chi connectivity index (χ4v) is 1.63. The molecule has 2 atom stereocenters. The molecule has 0 aromatic heterocycles. The van der Waals surface area contributed by atoms with Gasteiger partial charge in [0.05, 0.1) is 6.54 Å². The van der Waals surface area contributed by atoms with Crippen molar-refractivity contribution in [2.75, 3.05) is 13.1 Å². The van der Waals surface area contributed by atoms with Crippen molar-refractivity contribution < 1.29 is 18.0 Å². The number of carbonyl (C=O) groups is 1. The average Bonchev–Trinajstić information content (AvgIpc) is 2.11. The van der Waals surface area contributed by atoms with Gasteiger partial charge < -0.3 is 15.4 Å². The Bertz CT molecular complexity index is 357. The predicted octanol–water partition coefficient (Wildman–Crippen LogP) is 1.68. The summed E-state index contributed by atoms with van der Waals surface area (Å²) in [4.78, 5) is 12.9. The van der Waals surface area contributed by atoms with Crippen molar-refractivity contribution >= 4 is 6.09 Å². The van der Waals surface area contributed by atoms with Gasteiger partial charge in [-0.15, -0.1) is 0 Å². The van der Waals surface area contributed by atoms with Gasteiger partial charge in [-0.3, -0.25) is 0 Å². The molecule has 0 bridgehead atoms. The molecule has 1 heterocycles. The third-order valence-electron chi connectivity index (χ3n) is 2.13. The first kappa shape index (κ1) is 9.22. The molecule has 94 valence electrons. The number of piperidine rings is 1. The van der Waals surface area contributed by atoms with Gasteiger partial charge in [-0.05, 0) is 34.0 Å². The van der Waals surface area contributed by atoms with Gasteiger partial charge in [-0.1, -0.05) is 0 Å². The van der Waals surface area contributed by atoms with Crippen LogP contribution in [-0.4, -0.2) is 41.4 Å². The van der Waals surface area contributed by atoms with Crippen LogP contribution in [0.15, 0.2) is 0 Å². The third-order valence-corrected chi connectivity index (χ3v) is 2.13. The van der Waals surface area contributed by atoms with Crippen LogP contribution in [-0.2, 0) is 4.74 Å². The number of halogens is 1. The van der Waals surface area contributed by atoms with Gasteiger partial charge in [0.25, 0.3) is 0 Å². The minimum absolute atomic E-state index is 0.191. The summed E-state index contributed by atoms with van der Waals surface area (Å²) in [6.45, 7) is 2.09. The van der Waals surface area contributed by atoms with Crippen LogP contribution in [0.25, 0.3) is 0 Å². The van der Waals surface area contributed by atoms with E-state index >= 15 is 0 Å². The summed E-state index contributed by atoms with van der Waals surface area (Å²) >= 11 is 0. The molecule has 1 aliphatic heterocycles. The highest BCUT2D eigenvalue weighted by atomic mass is 19.1. The Morgan fingerprint density at radius 2 is 2.31 bits per heavy atom. The highest BCUT2D eigenvalue weighted by Gasteiger charge is 2.37. The summed E-state index contributed by atoms with van der Waals surface area (Å²) < 4.78 is 40.9. The third kappa shape index (κ3) is 3.96. The molecule has 1 rings (SSSR count). The van der Waals surface area contributed by atoms with Crippen molar-refractivity contribution in [3.63, 3.8) is 0 Å². The van der Waals surface area contributed by atoms with Crippen molar-refractivity contribution in [3.8, 4) is 0 Å². The first-order chi connectivity index (χ1) is 8.34. The second-order valence-electron chi connectivity index (χ2n) is 5.32. The number of nitrogens with two attached hydrogens (primary N) is 1. The molecule has 16 heavy (non-hydrogen) atoms. The summed E-state index contributed by atoms with van der Waals surface area (Å²) in [6, 6.07) is 0. The molecule has 2 N–H and O–H groups in total. The number of amides is 1. The number of rotatable bonds is 0. The number of nitrogens with zero attached hydrogens (tertiary/aromatic N) is 1. The van der Waals surface area contributed by atoms with E-state index < -0.39 is 30.3 Å². The van der Waals surface area contributed by atoms with Crippen molar-refractivity contribution in [2.24, 2.45) is 5.73 Å². The van der Waals surface area contributed by atoms with Gasteiger partial charge in [0.15, 0.2) is 0 Å². The first-order valence-electron chi connectivity index (χ1n) is 6.75. The molecule has 1 amide bonds. The van der Waals surface area contributed by atoms with Gasteiger partial charge in [0.1, 0.15) is 11.8 Å². The Labute approximate surface area is 100 Å². The smallest absolute Gasteiger partial charge is 0.410 e. The molecule has 0 aliphatic carbocycles. The number of hydrogen-bond donors (Lipinski definition) is 1. The number of hydrogen-bond acceptors (Lipinski definition) is 3. The Balaban J connectivity index is 2.84. The predicted molar refractivity (Wildman–Crippen MR) is 59.9 cm³/mol. The Hall–Kier alpha value is -0.840. The Morgan fingerprint density at radius 1 is 1.69 bits per heavy atom. The molecular weight excluding hydrogens is 211 g/mol. The highest BCUT2D eigenvalue weighted by molar-refractivity contribution is 5.68. The molecule has 2 unspecified atom stereocenters. The van der Waals surface area contributed by atoms with Crippen LogP contribution >= 0.6 is 0 Å². The topological polar surface area (TPSA) is 55.6 Å². The Kier molecular flexibility index (Phi) is 2.42. The quantitative estimate of drug-likeness (QED) is 0.695. The summed E-state index contributed by atoms with van der Waals surface area (Å²) in [5.74, 6) is 0. The van der Waals surface area contributed by atoms with Crippen LogP contribution in [0.1, 0.15) is 38.2 Å². The highest BCUT2D eigenvalue weighted by Crippen LogP contribution is 2.22. The first-order valence-corrected chi connectivity index (χ1v) is 5.25. The molecule has 0 radical (unpaired) electrons. The molecule has 5 heteroatoms. The van der Waals surface area contributed by atoms with Crippen LogP contribution in [0, 0.1) is 0 Å². The molecule has 0 spiro atoms. The lowest BCUT2D eigenvalue weighted by atomic mass is 9.91. The van der Waals surface area contributed by atoms with Crippen molar-refractivity contribution in [1.82, 2.24) is 4.90 Å². The maximum Gasteiger partial charge on any atom is 0.410 e. The molecular formula is C11H21FN2O2. The molecule has 0 aromatic carbocycles. The van der Waals surface area contributed by atoms with Crippen LogP contribution < -0.4 is 5.73 Å². The summed E-state index contributed by atoms with van der Waals surface area (Å²) in [7, 11) is 0. The lowest BCUT2D eigenvalue weighted by Gasteiger charge is -2.39. The zero-order valence-electron chi connectivity index (χ0n) is 12.9. The fourth-order valence-electron chi connectivity index (χ4n) is 1.63. The second-order valence-corrected chi connectivity index (χ2v) is 5.32. The summed E-state index contributed by atoms with van der Waals surface area (Å²) in [5, 5.41) is 0. The number of carbonyl (C=O) groups excluding carboxylic acids is 1. The van der Waals surface area contributed by atoms with E-state index in [2.05, 4.69) is 0 Å². The maximum absolute atomic E-state index is 13.7. The lowest BCUT2D eigenvalue weighted by Crippen LogP contribution is -2.58. The minimum Gasteiger partial charge on any atom is -0.444 e. The zero-order chi connectivity index (χ0) is 15.1. The van der Waals surface area contributed by atoms with Crippen LogP contribution in [0.3, 0.4) is 0 Å². The van der Waals surface area contributed by atoms with Crippen molar-refractivity contribution in [1.29, 1.82) is 0 Å². The van der Waals surface area contributed by atoms with Crippen LogP contribution in [0.2, 0.25) is 0 Å². The van der Waals surface area contributed by atoms with E-state index in [-0.39, 0.29) is 19.5 Å². The van der Waals surface area contributed by atoms with Gasteiger partial charge >= 0.3 is 6.09 Å². The van der Waals surface area contributed by atoms with Gasteiger partial charge in [-0.2, -0.15) is 0 Å². The average molecular weight is 235 g/mol.